The minimum atomic E-state index is -1.01. The molecular weight excluding hydrogens is 278 g/mol. The molecule has 1 aromatic carbocycles. The molecule has 0 amide bonds. The van der Waals surface area contributed by atoms with Crippen LogP contribution in [0.3, 0.4) is 0 Å². The summed E-state index contributed by atoms with van der Waals surface area (Å²) in [5.74, 6) is -0.600. The van der Waals surface area contributed by atoms with E-state index in [1.54, 1.807) is 12.1 Å². The number of rotatable bonds is 4. The zero-order chi connectivity index (χ0) is 15.7. The monoisotopic (exact) mass is 297 g/mol. The number of pyridine rings is 1. The maximum absolute atomic E-state index is 11.0. The fourth-order valence-electron chi connectivity index (χ4n) is 2.95. The molecule has 2 heterocycles. The summed E-state index contributed by atoms with van der Waals surface area (Å²) >= 11 is 0. The van der Waals surface area contributed by atoms with E-state index in [9.17, 15) is 4.79 Å². The molecule has 1 aliphatic rings. The number of aromatic carboxylic acids is 1. The van der Waals surface area contributed by atoms with Gasteiger partial charge in [0.2, 0.25) is 0 Å². The second kappa shape index (κ2) is 5.77. The molecule has 0 saturated carbocycles. The number of carboxylic acids is 1. The Balaban J connectivity index is 1.88. The van der Waals surface area contributed by atoms with Gasteiger partial charge in [-0.15, -0.1) is 6.58 Å². The molecule has 0 radical (unpaired) electrons. The highest BCUT2D eigenvalue weighted by molar-refractivity contribution is 5.90. The fraction of sp³-hybridized carbons (Fsp3) is 0.294. The Kier molecular flexibility index (Phi) is 3.81. The van der Waals surface area contributed by atoms with Gasteiger partial charge in [0.1, 0.15) is 5.69 Å². The van der Waals surface area contributed by atoms with Crippen LogP contribution in [-0.2, 0) is 0 Å². The van der Waals surface area contributed by atoms with Crippen molar-refractivity contribution in [2.45, 2.75) is 12.5 Å². The van der Waals surface area contributed by atoms with Gasteiger partial charge in [0.25, 0.3) is 0 Å². The molecule has 0 spiro atoms. The molecule has 1 fully saturated rings. The molecule has 0 bridgehead atoms. The first-order chi connectivity index (χ1) is 10.6. The van der Waals surface area contributed by atoms with Gasteiger partial charge in [0, 0.05) is 30.2 Å². The molecule has 0 aliphatic carbocycles. The Morgan fingerprint density at radius 1 is 1.45 bits per heavy atom. The topological polar surface area (TPSA) is 79.5 Å². The van der Waals surface area contributed by atoms with Crippen LogP contribution in [0.15, 0.2) is 43.0 Å². The lowest BCUT2D eigenvalue weighted by molar-refractivity contribution is 0.0691. The van der Waals surface area contributed by atoms with E-state index in [0.717, 1.165) is 30.6 Å². The summed E-state index contributed by atoms with van der Waals surface area (Å²) in [6.45, 7) is 5.59. The van der Waals surface area contributed by atoms with Crippen LogP contribution in [0.4, 0.5) is 5.69 Å². The summed E-state index contributed by atoms with van der Waals surface area (Å²) in [5.41, 5.74) is 7.87. The maximum atomic E-state index is 11.0. The number of fused-ring (bicyclic) bond motifs is 1. The smallest absolute Gasteiger partial charge is 0.354 e. The number of aromatic nitrogens is 1. The Labute approximate surface area is 129 Å². The molecule has 2 atom stereocenters. The number of nitrogens with zero attached hydrogens (tertiary/aromatic N) is 2. The van der Waals surface area contributed by atoms with Gasteiger partial charge in [-0.1, -0.05) is 18.2 Å². The summed E-state index contributed by atoms with van der Waals surface area (Å²) in [7, 11) is 0. The van der Waals surface area contributed by atoms with Crippen molar-refractivity contribution in [2.75, 3.05) is 18.0 Å². The van der Waals surface area contributed by atoms with Crippen LogP contribution < -0.4 is 10.6 Å². The molecule has 5 nitrogen and oxygen atoms in total. The number of nitrogens with two attached hydrogens (primary N) is 1. The average molecular weight is 297 g/mol. The third-order valence-corrected chi connectivity index (χ3v) is 4.30. The molecule has 22 heavy (non-hydrogen) atoms. The van der Waals surface area contributed by atoms with Crippen molar-refractivity contribution in [1.29, 1.82) is 0 Å². The number of hydrogen-bond donors (Lipinski definition) is 2. The number of hydrogen-bond acceptors (Lipinski definition) is 4. The first kappa shape index (κ1) is 14.5. The van der Waals surface area contributed by atoms with Crippen molar-refractivity contribution < 1.29 is 9.90 Å². The van der Waals surface area contributed by atoms with Gasteiger partial charge >= 0.3 is 5.97 Å². The lowest BCUT2D eigenvalue weighted by Crippen LogP contribution is -2.30. The second-order valence-electron chi connectivity index (χ2n) is 5.69. The second-order valence-corrected chi connectivity index (χ2v) is 5.69. The standard InChI is InChI=1S/C17H19N3O2/c1-2-14(18)12-7-8-20(10-12)13-5-3-11-4-6-15(17(21)22)19-16(11)9-13/h2-6,9,12,14H,1,7-8,10,18H2,(H,21,22). The van der Waals surface area contributed by atoms with Crippen LogP contribution in [0.25, 0.3) is 10.9 Å². The van der Waals surface area contributed by atoms with Crippen LogP contribution in [0, 0.1) is 5.92 Å². The largest absolute Gasteiger partial charge is 0.477 e. The molecule has 1 aromatic heterocycles. The fourth-order valence-corrected chi connectivity index (χ4v) is 2.95. The third kappa shape index (κ3) is 2.67. The first-order valence-electron chi connectivity index (χ1n) is 7.35. The molecule has 1 saturated heterocycles. The summed E-state index contributed by atoms with van der Waals surface area (Å²) in [6.07, 6.45) is 2.84. The normalized spacial score (nSPS) is 19.3. The lowest BCUT2D eigenvalue weighted by Gasteiger charge is -2.20. The quantitative estimate of drug-likeness (QED) is 0.846. The van der Waals surface area contributed by atoms with Crippen LogP contribution in [0.5, 0.6) is 0 Å². The molecule has 2 aromatic rings. The highest BCUT2D eigenvalue weighted by Crippen LogP contribution is 2.28. The van der Waals surface area contributed by atoms with Crippen molar-refractivity contribution in [3.05, 3.63) is 48.7 Å². The zero-order valence-electron chi connectivity index (χ0n) is 12.3. The number of carboxylic acid groups (broad SMARTS) is 1. The Hall–Kier alpha value is -2.40. The van der Waals surface area contributed by atoms with Crippen molar-refractivity contribution in [3.8, 4) is 0 Å². The van der Waals surface area contributed by atoms with Crippen LogP contribution >= 0.6 is 0 Å². The molecule has 1 aliphatic heterocycles. The maximum Gasteiger partial charge on any atom is 0.354 e. The minimum absolute atomic E-state index is 0.0159. The SMILES string of the molecule is C=CC(N)C1CCN(c2ccc3ccc(C(=O)O)nc3c2)C1. The highest BCUT2D eigenvalue weighted by Gasteiger charge is 2.26. The van der Waals surface area contributed by atoms with E-state index in [0.29, 0.717) is 11.4 Å². The van der Waals surface area contributed by atoms with Gasteiger partial charge in [0.05, 0.1) is 5.52 Å². The van der Waals surface area contributed by atoms with Crippen molar-refractivity contribution in [3.63, 3.8) is 0 Å². The van der Waals surface area contributed by atoms with Crippen LogP contribution in [-0.4, -0.2) is 35.2 Å². The highest BCUT2D eigenvalue weighted by atomic mass is 16.4. The van der Waals surface area contributed by atoms with Gasteiger partial charge in [-0.25, -0.2) is 9.78 Å². The number of carbonyl (C=O) groups is 1. The third-order valence-electron chi connectivity index (χ3n) is 4.30. The van der Waals surface area contributed by atoms with Gasteiger partial charge in [-0.2, -0.15) is 0 Å². The Bertz CT molecular complexity index is 729. The van der Waals surface area contributed by atoms with Crippen LogP contribution in [0.1, 0.15) is 16.9 Å². The van der Waals surface area contributed by atoms with E-state index in [2.05, 4.69) is 16.5 Å². The Morgan fingerprint density at radius 2 is 2.23 bits per heavy atom. The summed E-state index contributed by atoms with van der Waals surface area (Å²) in [6, 6.07) is 9.30. The van der Waals surface area contributed by atoms with E-state index in [1.165, 1.54) is 6.07 Å². The zero-order valence-corrected chi connectivity index (χ0v) is 12.3. The predicted octanol–water partition coefficient (Wildman–Crippen LogP) is 2.27. The van der Waals surface area contributed by atoms with Crippen molar-refractivity contribution >= 4 is 22.6 Å². The van der Waals surface area contributed by atoms with E-state index in [-0.39, 0.29) is 11.7 Å². The summed E-state index contributed by atoms with van der Waals surface area (Å²) in [5, 5.41) is 9.99. The van der Waals surface area contributed by atoms with Gasteiger partial charge in [-0.3, -0.25) is 0 Å². The molecule has 2 unspecified atom stereocenters. The average Bonchev–Trinajstić information content (AvgIpc) is 3.03. The van der Waals surface area contributed by atoms with Gasteiger partial charge in [0.15, 0.2) is 0 Å². The number of benzene rings is 1. The van der Waals surface area contributed by atoms with E-state index in [4.69, 9.17) is 10.8 Å². The minimum Gasteiger partial charge on any atom is -0.477 e. The summed E-state index contributed by atoms with van der Waals surface area (Å²) < 4.78 is 0. The Morgan fingerprint density at radius 3 is 2.95 bits per heavy atom. The van der Waals surface area contributed by atoms with Crippen LogP contribution in [0.2, 0.25) is 0 Å². The molecule has 114 valence electrons. The van der Waals surface area contributed by atoms with Crippen molar-refractivity contribution in [1.82, 2.24) is 4.98 Å². The molecule has 5 heteroatoms. The van der Waals surface area contributed by atoms with E-state index >= 15 is 0 Å². The van der Waals surface area contributed by atoms with E-state index < -0.39 is 5.97 Å². The summed E-state index contributed by atoms with van der Waals surface area (Å²) in [4.78, 5) is 17.5. The number of anilines is 1. The van der Waals surface area contributed by atoms with Gasteiger partial charge in [-0.05, 0) is 30.5 Å². The van der Waals surface area contributed by atoms with Gasteiger partial charge < -0.3 is 15.7 Å². The molecule has 3 rings (SSSR count). The molecular formula is C17H19N3O2. The first-order valence-corrected chi connectivity index (χ1v) is 7.35. The van der Waals surface area contributed by atoms with Crippen molar-refractivity contribution in [2.24, 2.45) is 11.7 Å². The van der Waals surface area contributed by atoms with E-state index in [1.807, 2.05) is 18.2 Å². The lowest BCUT2D eigenvalue weighted by atomic mass is 10.0. The predicted molar refractivity (Wildman–Crippen MR) is 87.2 cm³/mol. The molecule has 3 N–H and O–H groups in total.